The molecule has 0 amide bonds. The smallest absolute Gasteiger partial charge is 0.306 e. The lowest BCUT2D eigenvalue weighted by Gasteiger charge is -2.13. The summed E-state index contributed by atoms with van der Waals surface area (Å²) in [5.74, 6) is -0.365. The molecule has 0 bridgehead atoms. The van der Waals surface area contributed by atoms with Crippen molar-refractivity contribution in [3.63, 3.8) is 0 Å². The van der Waals surface area contributed by atoms with Crippen LogP contribution in [0.2, 0.25) is 0 Å². The molecule has 0 saturated heterocycles. The lowest BCUT2D eigenvalue weighted by molar-refractivity contribution is -0.158. The molecule has 1 unspecified atom stereocenters. The van der Waals surface area contributed by atoms with Crippen LogP contribution in [-0.2, 0) is 19.1 Å². The Kier molecular flexibility index (Phi) is 41.0. The monoisotopic (exact) mass is 664 g/mol. The van der Waals surface area contributed by atoms with E-state index in [2.05, 4.69) is 38.2 Å². The second-order valence-electron chi connectivity index (χ2n) is 14.0. The van der Waals surface area contributed by atoms with E-state index < -0.39 is 0 Å². The quantitative estimate of drug-likeness (QED) is 0.0397. The molecule has 0 spiro atoms. The Morgan fingerprint density at radius 3 is 1.15 bits per heavy atom. The van der Waals surface area contributed by atoms with Crippen molar-refractivity contribution in [2.75, 3.05) is 27.7 Å². The van der Waals surface area contributed by atoms with E-state index in [1.54, 1.807) is 6.92 Å². The standard InChI is InChI=1S/C39H72O4.C3H9N/c1-4-6-8-10-12-14-16-18-20-22-24-26-28-30-32-34-38(40)42-36-37(3)43-39(41)35-33-31-29-27-25-23-21-19-17-15-13-11-9-7-5-2;1-4(2)3/h18-21,37H,4-17,22-36H2,1-3H3;1-3H3/b20-18-,21-19-;. The first-order valence-corrected chi connectivity index (χ1v) is 20.1. The van der Waals surface area contributed by atoms with Crippen LogP contribution in [0.15, 0.2) is 24.3 Å². The summed E-state index contributed by atoms with van der Waals surface area (Å²) in [5, 5.41) is 0. The molecule has 47 heavy (non-hydrogen) atoms. The molecular formula is C42H81NO4. The van der Waals surface area contributed by atoms with Gasteiger partial charge in [-0.1, -0.05) is 141 Å². The molecule has 0 aliphatic carbocycles. The molecule has 0 aliphatic rings. The minimum absolute atomic E-state index is 0.155. The first kappa shape index (κ1) is 47.5. The minimum atomic E-state index is -0.381. The van der Waals surface area contributed by atoms with E-state index in [9.17, 15) is 9.59 Å². The Labute approximate surface area is 294 Å². The molecule has 5 nitrogen and oxygen atoms in total. The van der Waals surface area contributed by atoms with Gasteiger partial charge >= 0.3 is 11.9 Å². The molecule has 0 aromatic rings. The lowest BCUT2D eigenvalue weighted by atomic mass is 10.1. The van der Waals surface area contributed by atoms with Crippen LogP contribution in [0.5, 0.6) is 0 Å². The number of ether oxygens (including phenoxy) is 2. The number of carbonyl (C=O) groups excluding carboxylic acids is 2. The summed E-state index contributed by atoms with van der Waals surface area (Å²) >= 11 is 0. The normalized spacial score (nSPS) is 12.1. The summed E-state index contributed by atoms with van der Waals surface area (Å²) in [6, 6.07) is 0. The number of rotatable bonds is 33. The molecule has 0 aliphatic heterocycles. The summed E-state index contributed by atoms with van der Waals surface area (Å²) in [5.41, 5.74) is 0. The lowest BCUT2D eigenvalue weighted by Crippen LogP contribution is -2.22. The highest BCUT2D eigenvalue weighted by Gasteiger charge is 2.12. The maximum absolute atomic E-state index is 12.1. The van der Waals surface area contributed by atoms with Crippen LogP contribution in [-0.4, -0.2) is 50.7 Å². The van der Waals surface area contributed by atoms with Crippen molar-refractivity contribution in [2.45, 2.75) is 207 Å². The Morgan fingerprint density at radius 2 is 0.787 bits per heavy atom. The van der Waals surface area contributed by atoms with Crippen LogP contribution in [0.25, 0.3) is 0 Å². The zero-order chi connectivity index (χ0) is 35.1. The Balaban J connectivity index is 0. The van der Waals surface area contributed by atoms with Crippen LogP contribution in [0.1, 0.15) is 201 Å². The van der Waals surface area contributed by atoms with Crippen LogP contribution in [0.3, 0.4) is 0 Å². The Morgan fingerprint density at radius 1 is 0.489 bits per heavy atom. The Bertz CT molecular complexity index is 700. The first-order valence-electron chi connectivity index (χ1n) is 20.1. The zero-order valence-electron chi connectivity index (χ0n) is 32.5. The van der Waals surface area contributed by atoms with Crippen molar-refractivity contribution in [1.29, 1.82) is 0 Å². The highest BCUT2D eigenvalue weighted by Crippen LogP contribution is 2.12. The van der Waals surface area contributed by atoms with Crippen LogP contribution < -0.4 is 0 Å². The number of carbonyl (C=O) groups is 2. The average Bonchev–Trinajstić information content (AvgIpc) is 3.03. The summed E-state index contributed by atoms with van der Waals surface area (Å²) in [4.78, 5) is 26.1. The zero-order valence-corrected chi connectivity index (χ0v) is 32.5. The fourth-order valence-corrected chi connectivity index (χ4v) is 5.28. The second kappa shape index (κ2) is 40.6. The molecule has 0 aromatic carbocycles. The predicted octanol–water partition coefficient (Wildman–Crippen LogP) is 12.7. The van der Waals surface area contributed by atoms with Crippen molar-refractivity contribution < 1.29 is 19.1 Å². The molecule has 0 heterocycles. The molecule has 0 rings (SSSR count). The topological polar surface area (TPSA) is 55.8 Å². The van der Waals surface area contributed by atoms with E-state index in [0.717, 1.165) is 25.7 Å². The summed E-state index contributed by atoms with van der Waals surface area (Å²) in [7, 11) is 6.00. The Hall–Kier alpha value is -1.62. The van der Waals surface area contributed by atoms with Gasteiger partial charge in [0.25, 0.3) is 0 Å². The SMILES string of the molecule is CCCCCCCC/C=C\CCCCCCCC(=O)OCC(C)OC(=O)CCCCCCC/C=C\CCCCCCCC.CN(C)C. The van der Waals surface area contributed by atoms with Gasteiger partial charge in [-0.3, -0.25) is 9.59 Å². The van der Waals surface area contributed by atoms with E-state index in [-0.39, 0.29) is 24.6 Å². The van der Waals surface area contributed by atoms with Crippen molar-refractivity contribution >= 4 is 11.9 Å². The maximum Gasteiger partial charge on any atom is 0.306 e. The number of nitrogens with zero attached hydrogens (tertiary/aromatic N) is 1. The molecule has 0 aromatic heterocycles. The van der Waals surface area contributed by atoms with Gasteiger partial charge in [0.1, 0.15) is 12.7 Å². The van der Waals surface area contributed by atoms with Crippen molar-refractivity contribution in [2.24, 2.45) is 0 Å². The fourth-order valence-electron chi connectivity index (χ4n) is 5.28. The minimum Gasteiger partial charge on any atom is -0.462 e. The number of allylic oxidation sites excluding steroid dienone is 4. The number of esters is 2. The van der Waals surface area contributed by atoms with Gasteiger partial charge in [-0.25, -0.2) is 0 Å². The highest BCUT2D eigenvalue weighted by molar-refractivity contribution is 5.70. The van der Waals surface area contributed by atoms with Gasteiger partial charge in [0, 0.05) is 12.8 Å². The molecule has 1 atom stereocenters. The van der Waals surface area contributed by atoms with E-state index >= 15 is 0 Å². The average molecular weight is 664 g/mol. The van der Waals surface area contributed by atoms with Crippen molar-refractivity contribution in [3.05, 3.63) is 24.3 Å². The third-order valence-electron chi connectivity index (χ3n) is 8.10. The van der Waals surface area contributed by atoms with E-state index in [4.69, 9.17) is 9.47 Å². The van der Waals surface area contributed by atoms with Crippen molar-refractivity contribution in [3.8, 4) is 0 Å². The fraction of sp³-hybridized carbons (Fsp3) is 0.857. The van der Waals surface area contributed by atoms with Gasteiger partial charge in [-0.15, -0.1) is 0 Å². The molecule has 0 radical (unpaired) electrons. The van der Waals surface area contributed by atoms with Gasteiger partial charge in [-0.2, -0.15) is 0 Å². The maximum atomic E-state index is 12.1. The summed E-state index contributed by atoms with van der Waals surface area (Å²) in [6.45, 7) is 6.48. The molecule has 0 saturated carbocycles. The number of hydrogen-bond donors (Lipinski definition) is 0. The largest absolute Gasteiger partial charge is 0.462 e. The summed E-state index contributed by atoms with van der Waals surface area (Å²) in [6.07, 6.45) is 42.2. The van der Waals surface area contributed by atoms with E-state index in [0.29, 0.717) is 12.8 Å². The number of unbranched alkanes of at least 4 members (excludes halogenated alkanes) is 22. The third kappa shape index (κ3) is 46.6. The third-order valence-corrected chi connectivity index (χ3v) is 8.10. The molecular weight excluding hydrogens is 582 g/mol. The van der Waals surface area contributed by atoms with E-state index in [1.807, 2.05) is 26.0 Å². The molecule has 0 fully saturated rings. The van der Waals surface area contributed by atoms with Gasteiger partial charge < -0.3 is 14.4 Å². The molecule has 278 valence electrons. The van der Waals surface area contributed by atoms with E-state index in [1.165, 1.54) is 141 Å². The van der Waals surface area contributed by atoms with Crippen LogP contribution in [0.4, 0.5) is 0 Å². The van der Waals surface area contributed by atoms with Gasteiger partial charge in [0.15, 0.2) is 0 Å². The van der Waals surface area contributed by atoms with Crippen molar-refractivity contribution in [1.82, 2.24) is 4.90 Å². The predicted molar refractivity (Wildman–Crippen MR) is 205 cm³/mol. The second-order valence-corrected chi connectivity index (χ2v) is 14.0. The van der Waals surface area contributed by atoms with Gasteiger partial charge in [-0.05, 0) is 92.3 Å². The molecule has 0 N–H and O–H groups in total. The first-order chi connectivity index (χ1) is 22.8. The van der Waals surface area contributed by atoms with Crippen LogP contribution >= 0.6 is 0 Å². The summed E-state index contributed by atoms with van der Waals surface area (Å²) < 4.78 is 10.7. The highest BCUT2D eigenvalue weighted by atomic mass is 16.6. The van der Waals surface area contributed by atoms with Gasteiger partial charge in [0.05, 0.1) is 0 Å². The molecule has 5 heteroatoms. The number of hydrogen-bond acceptors (Lipinski definition) is 5. The van der Waals surface area contributed by atoms with Crippen LogP contribution in [0, 0.1) is 0 Å². The van der Waals surface area contributed by atoms with Gasteiger partial charge in [0.2, 0.25) is 0 Å².